The van der Waals surface area contributed by atoms with E-state index in [4.69, 9.17) is 16.2 Å². The van der Waals surface area contributed by atoms with Crippen molar-refractivity contribution in [3.8, 4) is 11.8 Å². The molecule has 0 spiro atoms. The summed E-state index contributed by atoms with van der Waals surface area (Å²) in [6.45, 7) is 3.23. The van der Waals surface area contributed by atoms with E-state index in [2.05, 4.69) is 18.8 Å². The summed E-state index contributed by atoms with van der Waals surface area (Å²) in [7, 11) is 0. The van der Waals surface area contributed by atoms with E-state index in [0.717, 1.165) is 51.4 Å². The van der Waals surface area contributed by atoms with Crippen LogP contribution in [0.5, 0.6) is 0 Å². The lowest BCUT2D eigenvalue weighted by Gasteiger charge is -2.10. The zero-order valence-corrected chi connectivity index (χ0v) is 12.8. The van der Waals surface area contributed by atoms with E-state index in [1.54, 1.807) is 0 Å². The summed E-state index contributed by atoms with van der Waals surface area (Å²) < 4.78 is 5.15. The third-order valence-corrected chi connectivity index (χ3v) is 2.96. The minimum atomic E-state index is -0.499. The molecule has 0 unspecified atom stereocenters. The molecule has 0 aromatic heterocycles. The second-order valence-corrected chi connectivity index (χ2v) is 4.97. The first-order valence-electron chi connectivity index (χ1n) is 7.80. The van der Waals surface area contributed by atoms with E-state index in [9.17, 15) is 4.79 Å². The number of rotatable bonds is 11. The Kier molecular flexibility index (Phi) is 13.6. The summed E-state index contributed by atoms with van der Waals surface area (Å²) in [5.74, 6) is 5.98. The van der Waals surface area contributed by atoms with Gasteiger partial charge in [-0.05, 0) is 45.1 Å². The first kappa shape index (κ1) is 18.9. The molecule has 0 saturated carbocycles. The van der Waals surface area contributed by atoms with E-state index in [0.29, 0.717) is 19.6 Å². The van der Waals surface area contributed by atoms with Crippen LogP contribution in [0.2, 0.25) is 0 Å². The number of hydrogen-bond donors (Lipinski definition) is 2. The third kappa shape index (κ3) is 12.0. The van der Waals surface area contributed by atoms with E-state index >= 15 is 0 Å². The molecule has 0 aliphatic carbocycles. The molecule has 4 nitrogen and oxygen atoms in total. The molecular formula is C16H30N2O2. The summed E-state index contributed by atoms with van der Waals surface area (Å²) in [4.78, 5) is 11.5. The molecule has 0 saturated heterocycles. The zero-order valence-electron chi connectivity index (χ0n) is 12.8. The fraction of sp³-hybridized carbons (Fsp3) is 0.812. The molecule has 0 bridgehead atoms. The number of unbranched alkanes of at least 4 members (excludes halogenated alkanes) is 5. The van der Waals surface area contributed by atoms with Gasteiger partial charge in [0.15, 0.2) is 0 Å². The van der Waals surface area contributed by atoms with Crippen LogP contribution in [0.25, 0.3) is 0 Å². The van der Waals surface area contributed by atoms with Crippen molar-refractivity contribution in [1.82, 2.24) is 0 Å². The van der Waals surface area contributed by atoms with Crippen molar-refractivity contribution in [3.05, 3.63) is 0 Å². The average Bonchev–Trinajstić information content (AvgIpc) is 2.45. The zero-order chi connectivity index (χ0) is 15.1. The molecule has 0 rings (SSSR count). The summed E-state index contributed by atoms with van der Waals surface area (Å²) in [6, 6.07) is -0.499. The highest BCUT2D eigenvalue weighted by molar-refractivity contribution is 5.75. The van der Waals surface area contributed by atoms with Gasteiger partial charge in [-0.2, -0.15) is 0 Å². The minimum Gasteiger partial charge on any atom is -0.465 e. The molecule has 4 heteroatoms. The molecule has 0 aliphatic heterocycles. The Hall–Kier alpha value is -1.05. The van der Waals surface area contributed by atoms with Gasteiger partial charge in [-0.1, -0.05) is 13.3 Å². The normalized spacial score (nSPS) is 11.6. The second-order valence-electron chi connectivity index (χ2n) is 4.97. The van der Waals surface area contributed by atoms with Gasteiger partial charge in [0.1, 0.15) is 6.04 Å². The number of esters is 1. The van der Waals surface area contributed by atoms with Crippen LogP contribution in [-0.4, -0.2) is 25.2 Å². The lowest BCUT2D eigenvalue weighted by atomic mass is 10.1. The molecular weight excluding hydrogens is 252 g/mol. The van der Waals surface area contributed by atoms with E-state index in [1.165, 1.54) is 0 Å². The van der Waals surface area contributed by atoms with Crippen LogP contribution in [0.3, 0.4) is 0 Å². The highest BCUT2D eigenvalue weighted by Crippen LogP contribution is 2.03. The van der Waals surface area contributed by atoms with Crippen LogP contribution >= 0.6 is 0 Å². The topological polar surface area (TPSA) is 78.3 Å². The molecule has 116 valence electrons. The van der Waals surface area contributed by atoms with Gasteiger partial charge in [0, 0.05) is 12.8 Å². The Morgan fingerprint density at radius 3 is 2.55 bits per heavy atom. The maximum absolute atomic E-state index is 11.5. The van der Waals surface area contributed by atoms with Crippen molar-refractivity contribution in [2.75, 3.05) is 13.2 Å². The standard InChI is InChI=1S/C16H30N2O2/c1-2-3-4-5-6-7-8-11-14-20-16(19)15(18)12-9-10-13-17/h15H,2-3,6-14,17-18H2,1H3/t15-/m0/s1. The predicted molar refractivity (Wildman–Crippen MR) is 83.0 cm³/mol. The molecule has 0 amide bonds. The van der Waals surface area contributed by atoms with Gasteiger partial charge in [0.05, 0.1) is 6.61 Å². The Bertz CT molecular complexity index is 295. The molecule has 4 N–H and O–H groups in total. The number of nitrogens with two attached hydrogens (primary N) is 2. The Morgan fingerprint density at radius 1 is 1.10 bits per heavy atom. The van der Waals surface area contributed by atoms with Gasteiger partial charge in [-0.15, -0.1) is 11.8 Å². The lowest BCUT2D eigenvalue weighted by molar-refractivity contribution is -0.145. The molecule has 0 heterocycles. The minimum absolute atomic E-state index is 0.287. The van der Waals surface area contributed by atoms with Crippen LogP contribution < -0.4 is 11.5 Å². The Balaban J connectivity index is 3.41. The SMILES string of the molecule is CCCC#CCCCCCOC(=O)[C@@H](N)CCCCN. The van der Waals surface area contributed by atoms with E-state index in [-0.39, 0.29) is 5.97 Å². The molecule has 0 aliphatic rings. The first-order valence-corrected chi connectivity index (χ1v) is 7.80. The smallest absolute Gasteiger partial charge is 0.322 e. The van der Waals surface area contributed by atoms with Crippen LogP contribution in [0.4, 0.5) is 0 Å². The number of ether oxygens (including phenoxy) is 1. The van der Waals surface area contributed by atoms with Gasteiger partial charge in [-0.3, -0.25) is 4.79 Å². The van der Waals surface area contributed by atoms with Crippen molar-refractivity contribution >= 4 is 5.97 Å². The van der Waals surface area contributed by atoms with Crippen molar-refractivity contribution in [3.63, 3.8) is 0 Å². The lowest BCUT2D eigenvalue weighted by Crippen LogP contribution is -2.32. The van der Waals surface area contributed by atoms with Crippen molar-refractivity contribution in [2.24, 2.45) is 11.5 Å². The van der Waals surface area contributed by atoms with Crippen molar-refractivity contribution in [2.45, 2.75) is 70.8 Å². The van der Waals surface area contributed by atoms with E-state index in [1.807, 2.05) is 0 Å². The molecule has 0 aromatic carbocycles. The maximum Gasteiger partial charge on any atom is 0.322 e. The summed E-state index contributed by atoms with van der Waals surface area (Å²) in [5.41, 5.74) is 11.1. The second kappa shape index (κ2) is 14.4. The van der Waals surface area contributed by atoms with Crippen LogP contribution in [-0.2, 0) is 9.53 Å². The first-order chi connectivity index (χ1) is 9.72. The predicted octanol–water partition coefficient (Wildman–Crippen LogP) is 2.35. The van der Waals surface area contributed by atoms with Gasteiger partial charge in [0.2, 0.25) is 0 Å². The van der Waals surface area contributed by atoms with Crippen LogP contribution in [0.1, 0.15) is 64.7 Å². The number of carbonyl (C=O) groups is 1. The summed E-state index contributed by atoms with van der Waals surface area (Å²) in [5, 5.41) is 0. The Morgan fingerprint density at radius 2 is 1.85 bits per heavy atom. The quantitative estimate of drug-likeness (QED) is 0.346. The van der Waals surface area contributed by atoms with Crippen LogP contribution in [0.15, 0.2) is 0 Å². The highest BCUT2D eigenvalue weighted by Gasteiger charge is 2.13. The van der Waals surface area contributed by atoms with Gasteiger partial charge < -0.3 is 16.2 Å². The largest absolute Gasteiger partial charge is 0.465 e. The summed E-state index contributed by atoms with van der Waals surface area (Å²) in [6.07, 6.45) is 8.47. The fourth-order valence-corrected chi connectivity index (χ4v) is 1.70. The van der Waals surface area contributed by atoms with Crippen LogP contribution in [0, 0.1) is 11.8 Å². The molecule has 20 heavy (non-hydrogen) atoms. The highest BCUT2D eigenvalue weighted by atomic mass is 16.5. The van der Waals surface area contributed by atoms with Gasteiger partial charge in [-0.25, -0.2) is 0 Å². The van der Waals surface area contributed by atoms with Gasteiger partial charge >= 0.3 is 5.97 Å². The van der Waals surface area contributed by atoms with Crippen molar-refractivity contribution in [1.29, 1.82) is 0 Å². The monoisotopic (exact) mass is 282 g/mol. The third-order valence-electron chi connectivity index (χ3n) is 2.96. The molecule has 0 fully saturated rings. The molecule has 0 radical (unpaired) electrons. The van der Waals surface area contributed by atoms with Crippen molar-refractivity contribution < 1.29 is 9.53 Å². The summed E-state index contributed by atoms with van der Waals surface area (Å²) >= 11 is 0. The van der Waals surface area contributed by atoms with Gasteiger partial charge in [0.25, 0.3) is 0 Å². The molecule has 0 aromatic rings. The molecule has 1 atom stereocenters. The maximum atomic E-state index is 11.5. The fourth-order valence-electron chi connectivity index (χ4n) is 1.70. The van der Waals surface area contributed by atoms with E-state index < -0.39 is 6.04 Å². The number of carbonyl (C=O) groups excluding carboxylic acids is 1. The number of hydrogen-bond acceptors (Lipinski definition) is 4. The Labute approximate surface area is 123 Å². The average molecular weight is 282 g/mol.